The van der Waals surface area contributed by atoms with E-state index in [0.717, 1.165) is 48.2 Å². The molecule has 4 heteroatoms. The van der Waals surface area contributed by atoms with Gasteiger partial charge in [-0.05, 0) is 37.6 Å². The molecule has 2 aromatic rings. The Morgan fingerprint density at radius 2 is 2.14 bits per heavy atom. The van der Waals surface area contributed by atoms with Gasteiger partial charge < -0.3 is 5.11 Å². The van der Waals surface area contributed by atoms with Crippen LogP contribution in [-0.2, 0) is 18.6 Å². The van der Waals surface area contributed by atoms with Gasteiger partial charge in [-0.25, -0.2) is 0 Å². The Hall–Kier alpha value is -1.16. The maximum Gasteiger partial charge on any atom is 0.0895 e. The Morgan fingerprint density at radius 1 is 1.38 bits per heavy atom. The lowest BCUT2D eigenvalue weighted by Crippen LogP contribution is -2.33. The van der Waals surface area contributed by atoms with Crippen molar-refractivity contribution in [1.82, 2.24) is 9.88 Å². The van der Waals surface area contributed by atoms with Crippen LogP contribution in [0.3, 0.4) is 0 Å². The number of rotatable bonds is 2. The van der Waals surface area contributed by atoms with Crippen molar-refractivity contribution in [2.24, 2.45) is 0 Å². The molecule has 0 bridgehead atoms. The maximum absolute atomic E-state index is 10.7. The molecule has 1 N–H and O–H groups in total. The lowest BCUT2D eigenvalue weighted by Gasteiger charge is -2.33. The van der Waals surface area contributed by atoms with E-state index in [2.05, 4.69) is 11.8 Å². The Kier molecular flexibility index (Phi) is 3.68. The lowest BCUT2D eigenvalue weighted by molar-refractivity contribution is 0.0775. The van der Waals surface area contributed by atoms with Crippen molar-refractivity contribution < 1.29 is 5.11 Å². The third-order valence-electron chi connectivity index (χ3n) is 4.26. The molecule has 21 heavy (non-hydrogen) atoms. The molecule has 1 aliphatic rings. The zero-order valence-electron chi connectivity index (χ0n) is 12.8. The molecule has 1 aliphatic heterocycles. The largest absolute Gasteiger partial charge is 0.386 e. The Labute approximate surface area is 130 Å². The van der Waals surface area contributed by atoms with Crippen LogP contribution in [0.25, 0.3) is 10.9 Å². The number of hydrogen-bond acceptors (Lipinski definition) is 3. The first kappa shape index (κ1) is 14.8. The summed E-state index contributed by atoms with van der Waals surface area (Å²) in [5, 5.41) is 12.3. The van der Waals surface area contributed by atoms with Gasteiger partial charge in [0.05, 0.1) is 16.1 Å². The van der Waals surface area contributed by atoms with E-state index in [0.29, 0.717) is 5.02 Å². The molecule has 0 radical (unpaired) electrons. The van der Waals surface area contributed by atoms with Gasteiger partial charge in [0, 0.05) is 30.6 Å². The van der Waals surface area contributed by atoms with E-state index in [1.165, 1.54) is 5.56 Å². The van der Waals surface area contributed by atoms with E-state index in [1.807, 2.05) is 32.0 Å². The smallest absolute Gasteiger partial charge is 0.0895 e. The summed E-state index contributed by atoms with van der Waals surface area (Å²) in [5.41, 5.74) is 3.12. The minimum Gasteiger partial charge on any atom is -0.386 e. The highest BCUT2D eigenvalue weighted by Crippen LogP contribution is 2.37. The molecule has 1 aromatic heterocycles. The molecule has 0 saturated carbocycles. The molecule has 0 atom stereocenters. The van der Waals surface area contributed by atoms with Crippen molar-refractivity contribution in [3.8, 4) is 0 Å². The van der Waals surface area contributed by atoms with Crippen molar-refractivity contribution in [2.75, 3.05) is 13.1 Å². The third kappa shape index (κ3) is 2.54. The second kappa shape index (κ2) is 5.24. The van der Waals surface area contributed by atoms with Crippen molar-refractivity contribution in [3.05, 3.63) is 40.0 Å². The number of halogens is 1. The number of pyridine rings is 1. The van der Waals surface area contributed by atoms with Gasteiger partial charge in [0.25, 0.3) is 0 Å². The zero-order valence-corrected chi connectivity index (χ0v) is 13.5. The fourth-order valence-corrected chi connectivity index (χ4v) is 3.47. The van der Waals surface area contributed by atoms with Crippen LogP contribution in [0.1, 0.15) is 37.6 Å². The zero-order chi connectivity index (χ0) is 15.2. The fraction of sp³-hybridized carbons (Fsp3) is 0.471. The summed E-state index contributed by atoms with van der Waals surface area (Å²) in [6.07, 6.45) is 0.910. The molecule has 3 nitrogen and oxygen atoms in total. The fourth-order valence-electron chi connectivity index (χ4n) is 3.25. The van der Waals surface area contributed by atoms with Crippen LogP contribution in [0.2, 0.25) is 5.02 Å². The minimum absolute atomic E-state index is 0.652. The van der Waals surface area contributed by atoms with Gasteiger partial charge in [-0.15, -0.1) is 0 Å². The number of benzene rings is 1. The normalized spacial score (nSPS) is 16.2. The topological polar surface area (TPSA) is 36.4 Å². The molecule has 0 saturated heterocycles. The summed E-state index contributed by atoms with van der Waals surface area (Å²) in [7, 11) is 0. The van der Waals surface area contributed by atoms with Gasteiger partial charge in [-0.3, -0.25) is 9.88 Å². The van der Waals surface area contributed by atoms with Gasteiger partial charge in [0.2, 0.25) is 0 Å². The number of aliphatic hydroxyl groups is 1. The van der Waals surface area contributed by atoms with Crippen LogP contribution in [0.5, 0.6) is 0 Å². The Balaban J connectivity index is 2.34. The lowest BCUT2D eigenvalue weighted by atomic mass is 9.86. The summed E-state index contributed by atoms with van der Waals surface area (Å²) in [4.78, 5) is 7.17. The molecular weight excluding hydrogens is 284 g/mol. The number of aromatic nitrogens is 1. The molecule has 0 amide bonds. The van der Waals surface area contributed by atoms with E-state index in [-0.39, 0.29) is 0 Å². The third-order valence-corrected chi connectivity index (χ3v) is 4.56. The highest BCUT2D eigenvalue weighted by atomic mass is 35.5. The van der Waals surface area contributed by atoms with Crippen molar-refractivity contribution in [3.63, 3.8) is 0 Å². The van der Waals surface area contributed by atoms with Crippen LogP contribution in [0, 0.1) is 0 Å². The van der Waals surface area contributed by atoms with E-state index in [1.54, 1.807) is 0 Å². The minimum atomic E-state index is -0.910. The van der Waals surface area contributed by atoms with Gasteiger partial charge in [-0.2, -0.15) is 0 Å². The van der Waals surface area contributed by atoms with E-state index < -0.39 is 5.60 Å². The highest BCUT2D eigenvalue weighted by molar-refractivity contribution is 6.35. The molecule has 2 heterocycles. The molecule has 3 rings (SSSR count). The number of nitrogens with zero attached hydrogens (tertiary/aromatic N) is 2. The summed E-state index contributed by atoms with van der Waals surface area (Å²) < 4.78 is 0. The Bertz CT molecular complexity index is 691. The maximum atomic E-state index is 10.7. The summed E-state index contributed by atoms with van der Waals surface area (Å²) in [6.45, 7) is 8.72. The monoisotopic (exact) mass is 304 g/mol. The van der Waals surface area contributed by atoms with Crippen LogP contribution in [0.15, 0.2) is 18.2 Å². The van der Waals surface area contributed by atoms with Crippen molar-refractivity contribution in [1.29, 1.82) is 0 Å². The first-order valence-corrected chi connectivity index (χ1v) is 7.84. The second-order valence-corrected chi connectivity index (χ2v) is 6.63. The molecule has 112 valence electrons. The molecule has 0 fully saturated rings. The second-order valence-electron chi connectivity index (χ2n) is 6.23. The predicted molar refractivity (Wildman–Crippen MR) is 86.7 cm³/mol. The van der Waals surface area contributed by atoms with E-state index in [9.17, 15) is 5.11 Å². The van der Waals surface area contributed by atoms with E-state index >= 15 is 0 Å². The molecule has 0 unspecified atom stereocenters. The van der Waals surface area contributed by atoms with Crippen LogP contribution >= 0.6 is 11.6 Å². The van der Waals surface area contributed by atoms with Crippen LogP contribution < -0.4 is 0 Å². The van der Waals surface area contributed by atoms with E-state index in [4.69, 9.17) is 16.6 Å². The standard InChI is InChI=1S/C17H21ClN2O/c1-4-20-9-8-14-12(10-20)15(17(2,3)21)11-6-5-7-13(18)16(11)19-14/h5-7,21H,4,8-10H2,1-3H3. The summed E-state index contributed by atoms with van der Waals surface area (Å²) in [6, 6.07) is 5.79. The van der Waals surface area contributed by atoms with Gasteiger partial charge in [0.15, 0.2) is 0 Å². The predicted octanol–water partition coefficient (Wildman–Crippen LogP) is 3.49. The van der Waals surface area contributed by atoms with Gasteiger partial charge in [-0.1, -0.05) is 30.7 Å². The van der Waals surface area contributed by atoms with Crippen molar-refractivity contribution in [2.45, 2.75) is 39.3 Å². The highest BCUT2D eigenvalue weighted by Gasteiger charge is 2.29. The number of likely N-dealkylation sites (N-methyl/N-ethyl adjacent to an activating group) is 1. The number of hydrogen-bond donors (Lipinski definition) is 1. The first-order chi connectivity index (χ1) is 9.91. The molecule has 0 spiro atoms. The first-order valence-electron chi connectivity index (χ1n) is 7.47. The average Bonchev–Trinajstić information content (AvgIpc) is 2.43. The Morgan fingerprint density at radius 3 is 2.81 bits per heavy atom. The quantitative estimate of drug-likeness (QED) is 0.922. The summed E-state index contributed by atoms with van der Waals surface area (Å²) in [5.74, 6) is 0. The van der Waals surface area contributed by atoms with Crippen LogP contribution in [-0.4, -0.2) is 28.1 Å². The number of para-hydroxylation sites is 1. The number of fused-ring (bicyclic) bond motifs is 2. The summed E-state index contributed by atoms with van der Waals surface area (Å²) >= 11 is 6.32. The van der Waals surface area contributed by atoms with Gasteiger partial charge in [0.1, 0.15) is 0 Å². The average molecular weight is 305 g/mol. The van der Waals surface area contributed by atoms with Gasteiger partial charge >= 0.3 is 0 Å². The van der Waals surface area contributed by atoms with Crippen molar-refractivity contribution >= 4 is 22.5 Å². The molecule has 0 aliphatic carbocycles. The van der Waals surface area contributed by atoms with Crippen LogP contribution in [0.4, 0.5) is 0 Å². The SMILES string of the molecule is CCN1CCc2nc3c(Cl)cccc3c(C(C)(C)O)c2C1. The molecular formula is C17H21ClN2O. The molecule has 1 aromatic carbocycles.